The Balaban J connectivity index is 1.19. The molecule has 9 heteroatoms. The molecule has 0 aliphatic carbocycles. The van der Waals surface area contributed by atoms with Gasteiger partial charge in [0.05, 0.1) is 18.6 Å². The molecular formula is C26H22N8O. The van der Waals surface area contributed by atoms with Crippen LogP contribution < -0.4 is 5.43 Å². The average Bonchev–Trinajstić information content (AvgIpc) is 3.61. The second kappa shape index (κ2) is 9.92. The molecule has 3 aromatic carbocycles. The second-order valence-electron chi connectivity index (χ2n) is 7.86. The average molecular weight is 463 g/mol. The predicted octanol–water partition coefficient (Wildman–Crippen LogP) is 3.73. The zero-order chi connectivity index (χ0) is 24.0. The number of nitrogens with one attached hydrogen (secondary N) is 1. The highest BCUT2D eigenvalue weighted by molar-refractivity contribution is 6.01. The number of hydrogen-bond donors (Lipinski definition) is 1. The van der Waals surface area contributed by atoms with E-state index < -0.39 is 0 Å². The van der Waals surface area contributed by atoms with Gasteiger partial charge in [0.25, 0.3) is 5.91 Å². The van der Waals surface area contributed by atoms with Crippen molar-refractivity contribution in [2.75, 3.05) is 0 Å². The van der Waals surface area contributed by atoms with Crippen LogP contribution in [0.5, 0.6) is 0 Å². The minimum Gasteiger partial charge on any atom is -0.306 e. The molecule has 0 spiro atoms. The van der Waals surface area contributed by atoms with Crippen molar-refractivity contribution in [3.63, 3.8) is 0 Å². The van der Waals surface area contributed by atoms with Crippen molar-refractivity contribution in [3.8, 4) is 17.1 Å². The molecule has 0 unspecified atom stereocenters. The van der Waals surface area contributed by atoms with Crippen LogP contribution in [0.2, 0.25) is 0 Å². The van der Waals surface area contributed by atoms with E-state index >= 15 is 0 Å². The molecule has 1 amide bonds. The normalized spacial score (nSPS) is 11.4. The highest BCUT2D eigenvalue weighted by Crippen LogP contribution is 2.13. The van der Waals surface area contributed by atoms with Crippen molar-refractivity contribution < 1.29 is 4.79 Å². The molecule has 35 heavy (non-hydrogen) atoms. The summed E-state index contributed by atoms with van der Waals surface area (Å²) in [5.74, 6) is 0.294. The summed E-state index contributed by atoms with van der Waals surface area (Å²) in [6.07, 6.45) is 5.35. The van der Waals surface area contributed by atoms with Crippen molar-refractivity contribution in [1.82, 2.24) is 35.2 Å². The lowest BCUT2D eigenvalue weighted by atomic mass is 10.1. The SMILES string of the molecule is C/C(=N\NC(=O)c1ccc(Cn2nnc(-c3ccccc3)n2)cc1)c1ccc(-n2ccnc2)cc1. The van der Waals surface area contributed by atoms with Gasteiger partial charge >= 0.3 is 0 Å². The second-order valence-corrected chi connectivity index (χ2v) is 7.86. The van der Waals surface area contributed by atoms with Gasteiger partial charge in [0.1, 0.15) is 0 Å². The highest BCUT2D eigenvalue weighted by atomic mass is 16.2. The van der Waals surface area contributed by atoms with Crippen LogP contribution in [0.1, 0.15) is 28.4 Å². The van der Waals surface area contributed by atoms with E-state index in [9.17, 15) is 4.79 Å². The maximum atomic E-state index is 12.6. The largest absolute Gasteiger partial charge is 0.306 e. The summed E-state index contributed by atoms with van der Waals surface area (Å²) in [6.45, 7) is 2.30. The first-order valence-corrected chi connectivity index (χ1v) is 11.0. The van der Waals surface area contributed by atoms with Gasteiger partial charge in [0.15, 0.2) is 0 Å². The Morgan fingerprint density at radius 3 is 2.40 bits per heavy atom. The summed E-state index contributed by atoms with van der Waals surface area (Å²) in [6, 6.07) is 24.8. The number of rotatable bonds is 7. The Morgan fingerprint density at radius 1 is 0.943 bits per heavy atom. The quantitative estimate of drug-likeness (QED) is 0.293. The fourth-order valence-corrected chi connectivity index (χ4v) is 3.49. The Labute approximate surface area is 201 Å². The summed E-state index contributed by atoms with van der Waals surface area (Å²) in [7, 11) is 0. The molecule has 2 heterocycles. The molecule has 9 nitrogen and oxygen atoms in total. The van der Waals surface area contributed by atoms with E-state index in [1.54, 1.807) is 24.7 Å². The van der Waals surface area contributed by atoms with Gasteiger partial charge in [-0.25, -0.2) is 10.4 Å². The van der Waals surface area contributed by atoms with E-state index in [0.717, 1.165) is 22.4 Å². The number of carbonyl (C=O) groups is 1. The number of tetrazole rings is 1. The molecule has 0 atom stereocenters. The molecule has 5 aromatic rings. The summed E-state index contributed by atoms with van der Waals surface area (Å²) >= 11 is 0. The van der Waals surface area contributed by atoms with Gasteiger partial charge in [-0.3, -0.25) is 4.79 Å². The van der Waals surface area contributed by atoms with Crippen molar-refractivity contribution in [1.29, 1.82) is 0 Å². The predicted molar refractivity (Wildman–Crippen MR) is 132 cm³/mol. The smallest absolute Gasteiger partial charge is 0.271 e. The topological polar surface area (TPSA) is 103 Å². The molecule has 5 rings (SSSR count). The summed E-state index contributed by atoms with van der Waals surface area (Å²) in [4.78, 5) is 18.1. The zero-order valence-corrected chi connectivity index (χ0v) is 19.0. The minimum absolute atomic E-state index is 0.281. The molecule has 0 fully saturated rings. The molecule has 172 valence electrons. The molecule has 0 aliphatic heterocycles. The fraction of sp³-hybridized carbons (Fsp3) is 0.0769. The monoisotopic (exact) mass is 462 g/mol. The third-order valence-corrected chi connectivity index (χ3v) is 5.44. The third kappa shape index (κ3) is 5.19. The van der Waals surface area contributed by atoms with E-state index in [1.165, 1.54) is 4.80 Å². The van der Waals surface area contributed by atoms with Crippen LogP contribution in [0.15, 0.2) is 103 Å². The van der Waals surface area contributed by atoms with Crippen LogP contribution in [-0.2, 0) is 6.54 Å². The highest BCUT2D eigenvalue weighted by Gasteiger charge is 2.08. The number of hydrazone groups is 1. The standard InChI is InChI=1S/C26H22N8O/c1-19(21-11-13-24(14-12-21)33-16-15-27-18-33)28-30-26(35)23-9-7-20(8-10-23)17-34-31-25(29-32-34)22-5-3-2-4-6-22/h2-16,18H,17H2,1H3,(H,30,35)/b28-19+. The van der Waals surface area contributed by atoms with Crippen LogP contribution in [0.4, 0.5) is 0 Å². The Hall–Kier alpha value is -4.92. The number of hydrogen-bond acceptors (Lipinski definition) is 6. The zero-order valence-electron chi connectivity index (χ0n) is 19.0. The molecule has 2 aromatic heterocycles. The van der Waals surface area contributed by atoms with Crippen LogP contribution in [0.25, 0.3) is 17.1 Å². The van der Waals surface area contributed by atoms with Crippen LogP contribution in [0, 0.1) is 0 Å². The first-order chi connectivity index (χ1) is 17.2. The number of aromatic nitrogens is 6. The lowest BCUT2D eigenvalue weighted by Crippen LogP contribution is -2.19. The Kier molecular flexibility index (Phi) is 6.21. The molecule has 1 N–H and O–H groups in total. The summed E-state index contributed by atoms with van der Waals surface area (Å²) in [5, 5.41) is 16.9. The summed E-state index contributed by atoms with van der Waals surface area (Å²) < 4.78 is 1.92. The molecular weight excluding hydrogens is 440 g/mol. The first-order valence-electron chi connectivity index (χ1n) is 11.0. The number of carbonyl (C=O) groups excluding carboxylic acids is 1. The summed E-state index contributed by atoms with van der Waals surface area (Å²) in [5.41, 5.74) is 7.63. The maximum absolute atomic E-state index is 12.6. The fourth-order valence-electron chi connectivity index (χ4n) is 3.49. The Morgan fingerprint density at radius 2 is 1.69 bits per heavy atom. The van der Waals surface area contributed by atoms with Gasteiger partial charge in [0.2, 0.25) is 5.82 Å². The van der Waals surface area contributed by atoms with Gasteiger partial charge < -0.3 is 4.57 Å². The van der Waals surface area contributed by atoms with E-state index in [-0.39, 0.29) is 5.91 Å². The number of nitrogens with zero attached hydrogens (tertiary/aromatic N) is 7. The van der Waals surface area contributed by atoms with Crippen molar-refractivity contribution in [2.24, 2.45) is 5.10 Å². The van der Waals surface area contributed by atoms with Gasteiger partial charge in [-0.2, -0.15) is 9.90 Å². The lowest BCUT2D eigenvalue weighted by molar-refractivity contribution is 0.0955. The van der Waals surface area contributed by atoms with Gasteiger partial charge in [0, 0.05) is 29.2 Å². The molecule has 0 saturated heterocycles. The van der Waals surface area contributed by atoms with Crippen molar-refractivity contribution in [2.45, 2.75) is 13.5 Å². The van der Waals surface area contributed by atoms with E-state index in [2.05, 4.69) is 30.9 Å². The van der Waals surface area contributed by atoms with E-state index in [1.807, 2.05) is 84.4 Å². The van der Waals surface area contributed by atoms with Crippen LogP contribution in [0.3, 0.4) is 0 Å². The van der Waals surface area contributed by atoms with Gasteiger partial charge in [-0.15, -0.1) is 10.2 Å². The first kappa shape index (κ1) is 21.9. The third-order valence-electron chi connectivity index (χ3n) is 5.44. The molecule has 0 aliphatic rings. The van der Waals surface area contributed by atoms with Crippen LogP contribution >= 0.6 is 0 Å². The lowest BCUT2D eigenvalue weighted by Gasteiger charge is -2.06. The van der Waals surface area contributed by atoms with E-state index in [0.29, 0.717) is 23.6 Å². The van der Waals surface area contributed by atoms with Crippen LogP contribution in [-0.4, -0.2) is 41.4 Å². The molecule has 0 radical (unpaired) electrons. The maximum Gasteiger partial charge on any atom is 0.271 e. The number of amides is 1. The Bertz CT molecular complexity index is 1440. The minimum atomic E-state index is -0.281. The number of imidazole rings is 1. The van der Waals surface area contributed by atoms with Crippen molar-refractivity contribution in [3.05, 3.63) is 114 Å². The van der Waals surface area contributed by atoms with Crippen molar-refractivity contribution >= 4 is 11.6 Å². The molecule has 0 saturated carbocycles. The van der Waals surface area contributed by atoms with E-state index in [4.69, 9.17) is 0 Å². The van der Waals surface area contributed by atoms with Gasteiger partial charge in [-0.1, -0.05) is 54.6 Å². The number of benzene rings is 3. The molecule has 0 bridgehead atoms. The van der Waals surface area contributed by atoms with Gasteiger partial charge in [-0.05, 0) is 47.5 Å².